The van der Waals surface area contributed by atoms with Crippen molar-refractivity contribution in [2.45, 2.75) is 71.3 Å². The summed E-state index contributed by atoms with van der Waals surface area (Å²) >= 11 is 0. The number of benzene rings is 1. The maximum Gasteiger partial charge on any atom is 0.161 e. The second-order valence-electron chi connectivity index (χ2n) is 11.9. The van der Waals surface area contributed by atoms with Crippen molar-refractivity contribution < 1.29 is 14.7 Å². The van der Waals surface area contributed by atoms with E-state index in [1.807, 2.05) is 12.1 Å². The molecule has 4 heteroatoms. The molecule has 1 aromatic carbocycles. The van der Waals surface area contributed by atoms with Crippen LogP contribution in [0, 0.1) is 34.5 Å². The van der Waals surface area contributed by atoms with E-state index in [-0.39, 0.29) is 22.4 Å². The van der Waals surface area contributed by atoms with Crippen LogP contribution in [0.3, 0.4) is 0 Å². The molecule has 0 saturated heterocycles. The number of carbonyl (C=O) groups excluding carboxylic acids is 2. The molecule has 0 aromatic heterocycles. The quantitative estimate of drug-likeness (QED) is 0.686. The number of hydrogen-bond acceptors (Lipinski definition) is 4. The number of carbonyl (C=O) groups is 2. The highest BCUT2D eigenvalue weighted by Crippen LogP contribution is 2.68. The topological polar surface area (TPSA) is 57.6 Å². The predicted octanol–water partition coefficient (Wildman–Crippen LogP) is 5.20. The molecule has 4 aliphatic rings. The molecule has 0 radical (unpaired) electrons. The van der Waals surface area contributed by atoms with Crippen LogP contribution in [-0.4, -0.2) is 35.9 Å². The summed E-state index contributed by atoms with van der Waals surface area (Å²) in [4.78, 5) is 27.5. The Morgan fingerprint density at radius 3 is 2.48 bits per heavy atom. The first-order chi connectivity index (χ1) is 15.6. The largest absolute Gasteiger partial charge is 0.382 e. The molecular formula is C29H39NO3. The Bertz CT molecular complexity index is 986. The molecule has 33 heavy (non-hydrogen) atoms. The third kappa shape index (κ3) is 3.27. The first-order valence-electron chi connectivity index (χ1n) is 12.8. The van der Waals surface area contributed by atoms with E-state index in [4.69, 9.17) is 0 Å². The zero-order chi connectivity index (χ0) is 23.6. The Labute approximate surface area is 198 Å². The summed E-state index contributed by atoms with van der Waals surface area (Å²) in [5.74, 6) is 1.92. The maximum absolute atomic E-state index is 12.6. The second-order valence-corrected chi connectivity index (χ2v) is 11.9. The van der Waals surface area contributed by atoms with Crippen molar-refractivity contribution in [2.75, 3.05) is 18.5 Å². The third-order valence-corrected chi connectivity index (χ3v) is 10.5. The highest BCUT2D eigenvalue weighted by atomic mass is 16.3. The zero-order valence-corrected chi connectivity index (χ0v) is 20.6. The van der Waals surface area contributed by atoms with Crippen LogP contribution in [0.4, 0.5) is 5.69 Å². The number of Topliss-reactive ketones (excluding diaryl/α,β-unsaturated/α-hetero) is 1. The van der Waals surface area contributed by atoms with E-state index in [1.165, 1.54) is 11.3 Å². The average molecular weight is 450 g/mol. The lowest BCUT2D eigenvalue weighted by Crippen LogP contribution is -2.58. The fourth-order valence-corrected chi connectivity index (χ4v) is 8.67. The number of anilines is 1. The van der Waals surface area contributed by atoms with Gasteiger partial charge in [0.05, 0.1) is 0 Å². The molecular weight excluding hydrogens is 410 g/mol. The van der Waals surface area contributed by atoms with Crippen LogP contribution >= 0.6 is 0 Å². The first kappa shape index (κ1) is 22.8. The molecule has 3 saturated carbocycles. The number of nitrogens with zero attached hydrogens (tertiary/aromatic N) is 1. The van der Waals surface area contributed by atoms with Crippen molar-refractivity contribution in [1.82, 2.24) is 0 Å². The van der Waals surface area contributed by atoms with Gasteiger partial charge >= 0.3 is 0 Å². The van der Waals surface area contributed by atoms with E-state index in [0.29, 0.717) is 36.5 Å². The van der Waals surface area contributed by atoms with E-state index < -0.39 is 5.60 Å². The average Bonchev–Trinajstić information content (AvgIpc) is 3.07. The van der Waals surface area contributed by atoms with E-state index >= 15 is 0 Å². The van der Waals surface area contributed by atoms with E-state index in [9.17, 15) is 14.7 Å². The van der Waals surface area contributed by atoms with Crippen LogP contribution in [-0.2, 0) is 9.59 Å². The van der Waals surface area contributed by atoms with Gasteiger partial charge in [-0.15, -0.1) is 0 Å². The van der Waals surface area contributed by atoms with Crippen molar-refractivity contribution in [3.8, 4) is 0 Å². The van der Waals surface area contributed by atoms with E-state index in [1.54, 1.807) is 6.92 Å². The molecule has 1 aromatic rings. The number of fused-ring (bicyclic) bond motifs is 5. The van der Waals surface area contributed by atoms with Crippen molar-refractivity contribution in [1.29, 1.82) is 0 Å². The molecule has 4 nitrogen and oxygen atoms in total. The Balaban J connectivity index is 1.51. The minimum Gasteiger partial charge on any atom is -0.382 e. The summed E-state index contributed by atoms with van der Waals surface area (Å²) in [6.07, 6.45) is 8.09. The van der Waals surface area contributed by atoms with Gasteiger partial charge in [0.2, 0.25) is 0 Å². The molecule has 0 heterocycles. The molecule has 7 atom stereocenters. The van der Waals surface area contributed by atoms with Crippen molar-refractivity contribution in [2.24, 2.45) is 34.5 Å². The van der Waals surface area contributed by atoms with Crippen molar-refractivity contribution >= 4 is 17.3 Å². The molecule has 0 aliphatic heterocycles. The van der Waals surface area contributed by atoms with Crippen LogP contribution in [0.15, 0.2) is 42.0 Å². The minimum absolute atomic E-state index is 0.0390. The van der Waals surface area contributed by atoms with Gasteiger partial charge < -0.3 is 10.0 Å². The normalized spacial score (nSPS) is 42.1. The Morgan fingerprint density at radius 2 is 1.79 bits per heavy atom. The van der Waals surface area contributed by atoms with Gasteiger partial charge in [-0.05, 0) is 92.7 Å². The highest BCUT2D eigenvalue weighted by Gasteiger charge is 2.66. The van der Waals surface area contributed by atoms with Gasteiger partial charge in [-0.25, -0.2) is 0 Å². The van der Waals surface area contributed by atoms with E-state index in [2.05, 4.69) is 50.1 Å². The number of para-hydroxylation sites is 1. The summed E-state index contributed by atoms with van der Waals surface area (Å²) in [6.45, 7) is 7.06. The van der Waals surface area contributed by atoms with Gasteiger partial charge in [0, 0.05) is 31.1 Å². The van der Waals surface area contributed by atoms with Gasteiger partial charge in [-0.2, -0.15) is 0 Å². The lowest BCUT2D eigenvalue weighted by Gasteiger charge is -2.60. The number of rotatable bonds is 4. The molecule has 0 amide bonds. The third-order valence-electron chi connectivity index (χ3n) is 10.5. The second kappa shape index (κ2) is 7.80. The van der Waals surface area contributed by atoms with Crippen molar-refractivity contribution in [3.05, 3.63) is 42.0 Å². The fourth-order valence-electron chi connectivity index (χ4n) is 8.67. The maximum atomic E-state index is 12.6. The number of aliphatic hydroxyl groups is 1. The van der Waals surface area contributed by atoms with Crippen LogP contribution in [0.1, 0.15) is 65.7 Å². The molecule has 0 unspecified atom stereocenters. The summed E-state index contributed by atoms with van der Waals surface area (Å²) in [6, 6.07) is 10.5. The number of ketones is 2. The summed E-state index contributed by atoms with van der Waals surface area (Å²) in [7, 11) is 2.15. The van der Waals surface area contributed by atoms with Crippen molar-refractivity contribution in [3.63, 3.8) is 0 Å². The lowest BCUT2D eigenvalue weighted by molar-refractivity contribution is -0.161. The van der Waals surface area contributed by atoms with Gasteiger partial charge in [0.15, 0.2) is 11.6 Å². The van der Waals surface area contributed by atoms with Crippen LogP contribution in [0.2, 0.25) is 0 Å². The fraction of sp³-hybridized carbons (Fsp3) is 0.655. The standard InChI is InChI=1S/C29H39NO3/c1-19(31)29(33)15-12-25-23-16-20(18-30(4)21-8-6-5-7-9-21)26-17-22(32)10-13-27(26,2)24(23)11-14-28(25,29)3/h5-9,17,20,23-25,33H,10-16,18H2,1-4H3/t20-,23-,24+,25+,27+,28-,29+/m0/s1. The first-order valence-corrected chi connectivity index (χ1v) is 12.8. The molecule has 0 spiro atoms. The van der Waals surface area contributed by atoms with Gasteiger partial charge in [0.25, 0.3) is 0 Å². The molecule has 3 fully saturated rings. The molecule has 178 valence electrons. The Kier molecular flexibility index (Phi) is 5.39. The Hall–Kier alpha value is -1.94. The van der Waals surface area contributed by atoms with Crippen LogP contribution < -0.4 is 4.90 Å². The monoisotopic (exact) mass is 449 g/mol. The van der Waals surface area contributed by atoms with Crippen LogP contribution in [0.5, 0.6) is 0 Å². The molecule has 5 rings (SSSR count). The number of hydrogen-bond donors (Lipinski definition) is 1. The molecule has 1 N–H and O–H groups in total. The summed E-state index contributed by atoms with van der Waals surface area (Å²) in [5.41, 5.74) is 1.09. The smallest absolute Gasteiger partial charge is 0.161 e. The SMILES string of the molecule is CC(=O)[C@]1(O)CC[C@@H]2[C@H]3C[C@@H](CN(C)c4ccccc4)C4=CC(=O)CC[C@]4(C)[C@@H]3CC[C@@]21C. The van der Waals surface area contributed by atoms with Gasteiger partial charge in [-0.1, -0.05) is 37.6 Å². The summed E-state index contributed by atoms with van der Waals surface area (Å²) in [5, 5.41) is 11.5. The Morgan fingerprint density at radius 1 is 1.09 bits per heavy atom. The van der Waals surface area contributed by atoms with Gasteiger partial charge in [0.1, 0.15) is 5.60 Å². The van der Waals surface area contributed by atoms with E-state index in [0.717, 1.165) is 38.6 Å². The minimum atomic E-state index is -1.18. The molecule has 4 aliphatic carbocycles. The zero-order valence-electron chi connectivity index (χ0n) is 20.6. The van der Waals surface area contributed by atoms with Gasteiger partial charge in [-0.3, -0.25) is 9.59 Å². The molecule has 0 bridgehead atoms. The predicted molar refractivity (Wildman–Crippen MR) is 131 cm³/mol. The lowest BCUT2D eigenvalue weighted by atomic mass is 9.44. The van der Waals surface area contributed by atoms with Crippen LogP contribution in [0.25, 0.3) is 0 Å². The highest BCUT2D eigenvalue weighted by molar-refractivity contribution is 5.92. The summed E-state index contributed by atoms with van der Waals surface area (Å²) < 4.78 is 0.